The van der Waals surface area contributed by atoms with E-state index in [9.17, 15) is 14.7 Å². The molecule has 4 nitrogen and oxygen atoms in total. The van der Waals surface area contributed by atoms with Crippen molar-refractivity contribution < 1.29 is 14.7 Å². The zero-order valence-electron chi connectivity index (χ0n) is 11.0. The fourth-order valence-corrected chi connectivity index (χ4v) is 3.88. The minimum absolute atomic E-state index is 0.169. The number of benzene rings is 1. The van der Waals surface area contributed by atoms with Crippen molar-refractivity contribution >= 4 is 47.0 Å². The maximum absolute atomic E-state index is 12.6. The number of carbonyl (C=O) groups is 2. The van der Waals surface area contributed by atoms with E-state index in [1.807, 2.05) is 19.2 Å². The Balaban J connectivity index is 2.37. The Kier molecular flexibility index (Phi) is 4.88. The van der Waals surface area contributed by atoms with E-state index in [-0.39, 0.29) is 11.3 Å². The number of carbonyl (C=O) groups excluding carboxylic acids is 1. The zero-order valence-corrected chi connectivity index (χ0v) is 13.4. The molecule has 2 unspecified atom stereocenters. The second-order valence-electron chi connectivity index (χ2n) is 4.34. The molecular weight excluding hydrogens is 318 g/mol. The monoisotopic (exact) mass is 331 g/mol. The quantitative estimate of drug-likeness (QED) is 0.863. The molecule has 1 aliphatic heterocycles. The van der Waals surface area contributed by atoms with Gasteiger partial charge in [0.2, 0.25) is 0 Å². The maximum Gasteiger partial charge on any atom is 0.327 e. The molecule has 1 aromatic carbocycles. The Bertz CT molecular complexity index is 552. The van der Waals surface area contributed by atoms with Gasteiger partial charge in [0.25, 0.3) is 5.91 Å². The summed E-state index contributed by atoms with van der Waals surface area (Å²) >= 11 is 9.06. The summed E-state index contributed by atoms with van der Waals surface area (Å²) in [4.78, 5) is 26.2. The largest absolute Gasteiger partial charge is 0.480 e. The lowest BCUT2D eigenvalue weighted by Gasteiger charge is -2.25. The number of hydrogen-bond donors (Lipinski definition) is 1. The molecule has 1 fully saturated rings. The number of rotatable bonds is 3. The van der Waals surface area contributed by atoms with Crippen molar-refractivity contribution in [1.29, 1.82) is 0 Å². The van der Waals surface area contributed by atoms with Crippen LogP contribution in [-0.2, 0) is 4.79 Å². The van der Waals surface area contributed by atoms with E-state index >= 15 is 0 Å². The number of halogens is 1. The van der Waals surface area contributed by atoms with Crippen LogP contribution in [0.15, 0.2) is 23.1 Å². The molecule has 1 heterocycles. The van der Waals surface area contributed by atoms with Crippen LogP contribution in [0.5, 0.6) is 0 Å². The van der Waals surface area contributed by atoms with E-state index in [1.54, 1.807) is 12.1 Å². The predicted octanol–water partition coefficient (Wildman–Crippen LogP) is 3.05. The van der Waals surface area contributed by atoms with Gasteiger partial charge in [-0.15, -0.1) is 23.5 Å². The van der Waals surface area contributed by atoms with Crippen LogP contribution in [0, 0.1) is 0 Å². The third-order valence-corrected chi connectivity index (χ3v) is 5.42. The van der Waals surface area contributed by atoms with Crippen molar-refractivity contribution in [3.05, 3.63) is 28.8 Å². The molecule has 0 bridgehead atoms. The second-order valence-corrected chi connectivity index (χ2v) is 6.98. The van der Waals surface area contributed by atoms with Gasteiger partial charge in [-0.25, -0.2) is 4.79 Å². The highest BCUT2D eigenvalue weighted by Crippen LogP contribution is 2.32. The van der Waals surface area contributed by atoms with E-state index in [4.69, 9.17) is 11.6 Å². The third kappa shape index (κ3) is 2.92. The van der Waals surface area contributed by atoms with Crippen LogP contribution in [0.25, 0.3) is 0 Å². The van der Waals surface area contributed by atoms with Gasteiger partial charge < -0.3 is 10.0 Å². The highest BCUT2D eigenvalue weighted by Gasteiger charge is 2.40. The first-order valence-corrected chi connectivity index (χ1v) is 8.61. The van der Waals surface area contributed by atoms with Crippen molar-refractivity contribution in [3.63, 3.8) is 0 Å². The lowest BCUT2D eigenvalue weighted by molar-refractivity contribution is -0.141. The summed E-state index contributed by atoms with van der Waals surface area (Å²) in [6.45, 7) is 1.83. The Hall–Kier alpha value is -0.850. The summed E-state index contributed by atoms with van der Waals surface area (Å²) in [5.41, 5.74) is 0.360. The van der Waals surface area contributed by atoms with E-state index < -0.39 is 12.0 Å². The number of nitrogens with zero attached hydrogens (tertiary/aromatic N) is 1. The van der Waals surface area contributed by atoms with Gasteiger partial charge in [-0.1, -0.05) is 11.6 Å². The van der Waals surface area contributed by atoms with Crippen LogP contribution < -0.4 is 0 Å². The summed E-state index contributed by atoms with van der Waals surface area (Å²) in [6.07, 6.45) is 1.91. The summed E-state index contributed by atoms with van der Waals surface area (Å²) in [5.74, 6) is -0.898. The maximum atomic E-state index is 12.6. The molecule has 1 N–H and O–H groups in total. The molecule has 7 heteroatoms. The zero-order chi connectivity index (χ0) is 14.9. The number of hydrogen-bond acceptors (Lipinski definition) is 4. The van der Waals surface area contributed by atoms with Gasteiger partial charge in [0.05, 0.1) is 16.0 Å². The first kappa shape index (κ1) is 15.5. The lowest BCUT2D eigenvalue weighted by Crippen LogP contribution is -2.44. The first-order valence-electron chi connectivity index (χ1n) is 5.96. The van der Waals surface area contributed by atoms with Gasteiger partial charge in [0, 0.05) is 10.6 Å². The molecule has 1 aromatic rings. The van der Waals surface area contributed by atoms with Crippen molar-refractivity contribution in [1.82, 2.24) is 4.90 Å². The van der Waals surface area contributed by atoms with Crippen LogP contribution in [0.3, 0.4) is 0 Å². The molecule has 1 aliphatic rings. The fourth-order valence-electron chi connectivity index (χ4n) is 2.08. The third-order valence-electron chi connectivity index (χ3n) is 3.15. The molecular formula is C13H14ClNO3S2. The Morgan fingerprint density at radius 3 is 2.80 bits per heavy atom. The molecule has 0 spiro atoms. The molecule has 108 valence electrons. The minimum Gasteiger partial charge on any atom is -0.480 e. The van der Waals surface area contributed by atoms with E-state index in [0.29, 0.717) is 16.3 Å². The first-order chi connectivity index (χ1) is 9.45. The molecule has 1 saturated heterocycles. The van der Waals surface area contributed by atoms with Gasteiger partial charge in [0.1, 0.15) is 6.04 Å². The minimum atomic E-state index is -0.979. The number of carboxylic acid groups (broad SMARTS) is 1. The van der Waals surface area contributed by atoms with Crippen LogP contribution in [0.2, 0.25) is 5.02 Å². The summed E-state index contributed by atoms with van der Waals surface area (Å²) in [5, 5.41) is 9.40. The van der Waals surface area contributed by atoms with Gasteiger partial charge in [-0.05, 0) is 31.4 Å². The summed E-state index contributed by atoms with van der Waals surface area (Å²) in [7, 11) is 0. The molecule has 2 atom stereocenters. The van der Waals surface area contributed by atoms with Crippen molar-refractivity contribution in [2.75, 3.05) is 12.0 Å². The molecule has 1 amide bonds. The van der Waals surface area contributed by atoms with Gasteiger partial charge in [-0.3, -0.25) is 4.79 Å². The predicted molar refractivity (Wildman–Crippen MR) is 82.7 cm³/mol. The number of amides is 1. The molecule has 0 radical (unpaired) electrons. The number of carboxylic acids is 1. The number of aliphatic carboxylic acids is 1. The SMILES string of the molecule is CSc1ccc(Cl)c(C(=O)N2C(C)SCC2C(=O)O)c1. The van der Waals surface area contributed by atoms with Crippen LogP contribution in [0.1, 0.15) is 17.3 Å². The van der Waals surface area contributed by atoms with Gasteiger partial charge >= 0.3 is 5.97 Å². The molecule has 0 aliphatic carbocycles. The highest BCUT2D eigenvalue weighted by molar-refractivity contribution is 8.00. The van der Waals surface area contributed by atoms with Crippen LogP contribution >= 0.6 is 35.1 Å². The molecule has 0 saturated carbocycles. The van der Waals surface area contributed by atoms with E-state index in [0.717, 1.165) is 4.90 Å². The fraction of sp³-hybridized carbons (Fsp3) is 0.385. The van der Waals surface area contributed by atoms with Gasteiger partial charge in [0.15, 0.2) is 0 Å². The average Bonchev–Trinajstić information content (AvgIpc) is 2.80. The molecule has 0 aromatic heterocycles. The molecule has 20 heavy (non-hydrogen) atoms. The van der Waals surface area contributed by atoms with Gasteiger partial charge in [-0.2, -0.15) is 0 Å². The van der Waals surface area contributed by atoms with Crippen LogP contribution in [-0.4, -0.2) is 45.3 Å². The summed E-state index contributed by atoms with van der Waals surface area (Å²) < 4.78 is 0. The Labute approximate surface area is 130 Å². The summed E-state index contributed by atoms with van der Waals surface area (Å²) in [6, 6.07) is 4.42. The Morgan fingerprint density at radius 2 is 2.20 bits per heavy atom. The average molecular weight is 332 g/mol. The van der Waals surface area contributed by atoms with Crippen molar-refractivity contribution in [3.8, 4) is 0 Å². The van der Waals surface area contributed by atoms with Crippen LogP contribution in [0.4, 0.5) is 0 Å². The number of thioether (sulfide) groups is 2. The topological polar surface area (TPSA) is 57.6 Å². The standard InChI is InChI=1S/C13H14ClNO3S2/c1-7-15(11(6-20-7)13(17)18)12(16)9-5-8(19-2)3-4-10(9)14/h3-5,7,11H,6H2,1-2H3,(H,17,18). The Morgan fingerprint density at radius 1 is 1.50 bits per heavy atom. The van der Waals surface area contributed by atoms with Crippen molar-refractivity contribution in [2.45, 2.75) is 23.2 Å². The second kappa shape index (κ2) is 6.28. The van der Waals surface area contributed by atoms with Crippen molar-refractivity contribution in [2.24, 2.45) is 0 Å². The van der Waals surface area contributed by atoms with E-state index in [2.05, 4.69) is 0 Å². The normalized spacial score (nSPS) is 22.1. The molecule has 2 rings (SSSR count). The highest BCUT2D eigenvalue weighted by atomic mass is 35.5. The lowest BCUT2D eigenvalue weighted by atomic mass is 10.1. The van der Waals surface area contributed by atoms with E-state index in [1.165, 1.54) is 28.4 Å². The smallest absolute Gasteiger partial charge is 0.327 e.